The highest BCUT2D eigenvalue weighted by Gasteiger charge is 2.28. The molecule has 0 unspecified atom stereocenters. The summed E-state index contributed by atoms with van der Waals surface area (Å²) in [6.45, 7) is 1.55. The van der Waals surface area contributed by atoms with Crippen LogP contribution < -0.4 is 5.32 Å². The number of carbonyl (C=O) groups is 1. The normalized spacial score (nSPS) is 20.9. The van der Waals surface area contributed by atoms with Gasteiger partial charge in [-0.15, -0.1) is 21.5 Å². The van der Waals surface area contributed by atoms with Crippen LogP contribution in [0.3, 0.4) is 0 Å². The molecule has 1 aliphatic rings. The average Bonchev–Trinajstić information content (AvgIpc) is 3.24. The van der Waals surface area contributed by atoms with Gasteiger partial charge in [-0.25, -0.2) is 4.98 Å². The second kappa shape index (κ2) is 8.32. The number of aromatic nitrogens is 4. The van der Waals surface area contributed by atoms with Gasteiger partial charge in [-0.3, -0.25) is 4.79 Å². The van der Waals surface area contributed by atoms with Crippen molar-refractivity contribution in [3.8, 4) is 0 Å². The maximum absolute atomic E-state index is 12.2. The molecule has 1 N–H and O–H groups in total. The maximum atomic E-state index is 12.2. The largest absolute Gasteiger partial charge is 0.379 e. The van der Waals surface area contributed by atoms with Gasteiger partial charge in [0.15, 0.2) is 0 Å². The Kier molecular flexibility index (Phi) is 5.89. The van der Waals surface area contributed by atoms with E-state index in [0.717, 1.165) is 17.9 Å². The van der Waals surface area contributed by atoms with Crippen LogP contribution >= 0.6 is 11.3 Å². The summed E-state index contributed by atoms with van der Waals surface area (Å²) in [7, 11) is 1.87. The number of aryl methyl sites for hydroxylation is 2. The van der Waals surface area contributed by atoms with Crippen LogP contribution in [-0.2, 0) is 34.3 Å². The van der Waals surface area contributed by atoms with Crippen molar-refractivity contribution in [2.45, 2.75) is 38.0 Å². The molecule has 0 radical (unpaired) electrons. The molecule has 1 fully saturated rings. The number of thiazole rings is 1. The smallest absolute Gasteiger partial charge is 0.220 e. The minimum absolute atomic E-state index is 0.00726. The molecule has 3 heterocycles. The first-order valence-corrected chi connectivity index (χ1v) is 8.85. The lowest BCUT2D eigenvalue weighted by Gasteiger charge is -2.32. The zero-order valence-corrected chi connectivity index (χ0v) is 14.4. The zero-order valence-electron chi connectivity index (χ0n) is 13.6. The Morgan fingerprint density at radius 3 is 3.25 bits per heavy atom. The van der Waals surface area contributed by atoms with Crippen molar-refractivity contribution in [2.75, 3.05) is 13.2 Å². The van der Waals surface area contributed by atoms with Crippen molar-refractivity contribution in [3.63, 3.8) is 0 Å². The Hall–Kier alpha value is -1.84. The highest BCUT2D eigenvalue weighted by atomic mass is 32.1. The Morgan fingerprint density at radius 1 is 1.58 bits per heavy atom. The molecular weight excluding hydrogens is 330 g/mol. The molecule has 1 saturated heterocycles. The standard InChI is InChI=1S/C15H21N5O3S/c1-20-9-17-19-14(20)2-3-15(21)18-12-4-5-22-7-13(12)23-6-11-8-24-10-16-11/h8-10,12-13H,2-7H2,1H3,(H,18,21)/t12-,13-/m1/s1. The lowest BCUT2D eigenvalue weighted by Crippen LogP contribution is -2.50. The Labute approximate surface area is 144 Å². The lowest BCUT2D eigenvalue weighted by molar-refractivity contribution is -0.126. The third-order valence-corrected chi connectivity index (χ3v) is 4.60. The Balaban J connectivity index is 1.47. The minimum atomic E-state index is -0.153. The summed E-state index contributed by atoms with van der Waals surface area (Å²) in [4.78, 5) is 16.4. The highest BCUT2D eigenvalue weighted by Crippen LogP contribution is 2.14. The highest BCUT2D eigenvalue weighted by molar-refractivity contribution is 7.07. The van der Waals surface area contributed by atoms with Crippen LogP contribution in [0.2, 0.25) is 0 Å². The summed E-state index contributed by atoms with van der Waals surface area (Å²) in [5.74, 6) is 0.792. The van der Waals surface area contributed by atoms with E-state index in [9.17, 15) is 4.79 Å². The van der Waals surface area contributed by atoms with Crippen LogP contribution in [0.25, 0.3) is 0 Å². The predicted octanol–water partition coefficient (Wildman–Crippen LogP) is 0.695. The monoisotopic (exact) mass is 351 g/mol. The summed E-state index contributed by atoms with van der Waals surface area (Å²) in [5.41, 5.74) is 2.68. The number of ether oxygens (including phenoxy) is 2. The first-order valence-electron chi connectivity index (χ1n) is 7.91. The first kappa shape index (κ1) is 17.0. The number of rotatable bonds is 7. The number of nitrogens with zero attached hydrogens (tertiary/aromatic N) is 4. The van der Waals surface area contributed by atoms with E-state index in [0.29, 0.717) is 32.7 Å². The zero-order chi connectivity index (χ0) is 16.8. The van der Waals surface area contributed by atoms with Crippen LogP contribution in [0.15, 0.2) is 17.2 Å². The molecule has 0 aliphatic carbocycles. The fraction of sp³-hybridized carbons (Fsp3) is 0.600. The number of hydrogen-bond acceptors (Lipinski definition) is 7. The van der Waals surface area contributed by atoms with Gasteiger partial charge in [0.05, 0.1) is 30.5 Å². The summed E-state index contributed by atoms with van der Waals surface area (Å²) < 4.78 is 13.2. The fourth-order valence-electron chi connectivity index (χ4n) is 2.58. The van der Waals surface area contributed by atoms with Crippen molar-refractivity contribution in [1.29, 1.82) is 0 Å². The van der Waals surface area contributed by atoms with Gasteiger partial charge in [0.25, 0.3) is 0 Å². The third-order valence-electron chi connectivity index (χ3n) is 3.96. The number of nitrogens with one attached hydrogen (secondary N) is 1. The molecule has 24 heavy (non-hydrogen) atoms. The fourth-order valence-corrected chi connectivity index (χ4v) is 3.12. The van der Waals surface area contributed by atoms with Gasteiger partial charge in [-0.1, -0.05) is 0 Å². The van der Waals surface area contributed by atoms with Crippen LogP contribution in [0.5, 0.6) is 0 Å². The van der Waals surface area contributed by atoms with E-state index in [1.54, 1.807) is 11.8 Å². The third kappa shape index (κ3) is 4.59. The van der Waals surface area contributed by atoms with Gasteiger partial charge in [0, 0.05) is 31.9 Å². The maximum Gasteiger partial charge on any atom is 0.220 e. The van der Waals surface area contributed by atoms with Gasteiger partial charge in [0.1, 0.15) is 18.3 Å². The van der Waals surface area contributed by atoms with Gasteiger partial charge >= 0.3 is 0 Å². The molecule has 0 saturated carbocycles. The molecule has 0 spiro atoms. The lowest BCUT2D eigenvalue weighted by atomic mass is 10.1. The molecule has 130 valence electrons. The summed E-state index contributed by atoms with van der Waals surface area (Å²) in [6.07, 6.45) is 3.17. The minimum Gasteiger partial charge on any atom is -0.379 e. The van der Waals surface area contributed by atoms with E-state index in [1.165, 1.54) is 11.3 Å². The second-order valence-electron chi connectivity index (χ2n) is 5.72. The van der Waals surface area contributed by atoms with Crippen molar-refractivity contribution < 1.29 is 14.3 Å². The van der Waals surface area contributed by atoms with Crippen molar-refractivity contribution in [2.24, 2.45) is 7.05 Å². The Morgan fingerprint density at radius 2 is 2.50 bits per heavy atom. The second-order valence-corrected chi connectivity index (χ2v) is 6.44. The number of amides is 1. The van der Waals surface area contributed by atoms with Gasteiger partial charge in [-0.2, -0.15) is 0 Å². The SMILES string of the molecule is Cn1cnnc1CCC(=O)N[C@@H]1CCOC[C@H]1OCc1cscn1. The van der Waals surface area contributed by atoms with Crippen LogP contribution in [-0.4, -0.2) is 51.0 Å². The van der Waals surface area contributed by atoms with E-state index in [-0.39, 0.29) is 18.1 Å². The Bertz CT molecular complexity index is 645. The van der Waals surface area contributed by atoms with Crippen LogP contribution in [0.4, 0.5) is 0 Å². The molecule has 9 heteroatoms. The van der Waals surface area contributed by atoms with E-state index >= 15 is 0 Å². The van der Waals surface area contributed by atoms with Crippen LogP contribution in [0.1, 0.15) is 24.4 Å². The van der Waals surface area contributed by atoms with E-state index < -0.39 is 0 Å². The number of hydrogen-bond donors (Lipinski definition) is 1. The molecule has 0 aromatic carbocycles. The van der Waals surface area contributed by atoms with Crippen molar-refractivity contribution in [1.82, 2.24) is 25.1 Å². The number of carbonyl (C=O) groups excluding carboxylic acids is 1. The topological polar surface area (TPSA) is 91.2 Å². The van der Waals surface area contributed by atoms with Gasteiger partial charge in [0.2, 0.25) is 5.91 Å². The molecule has 0 bridgehead atoms. The predicted molar refractivity (Wildman–Crippen MR) is 87.4 cm³/mol. The molecule has 8 nitrogen and oxygen atoms in total. The molecular formula is C15H21N5O3S. The quantitative estimate of drug-likeness (QED) is 0.789. The molecule has 1 aliphatic heterocycles. The summed E-state index contributed by atoms with van der Waals surface area (Å²) in [5, 5.41) is 12.8. The van der Waals surface area contributed by atoms with E-state index in [1.807, 2.05) is 17.0 Å². The van der Waals surface area contributed by atoms with E-state index in [4.69, 9.17) is 9.47 Å². The molecule has 1 amide bonds. The van der Waals surface area contributed by atoms with Crippen molar-refractivity contribution >= 4 is 17.2 Å². The molecule has 2 atom stereocenters. The molecule has 2 aromatic heterocycles. The molecule has 2 aromatic rings. The first-order chi connectivity index (χ1) is 11.7. The van der Waals surface area contributed by atoms with Crippen molar-refractivity contribution in [3.05, 3.63) is 28.7 Å². The van der Waals surface area contributed by atoms with Crippen LogP contribution in [0, 0.1) is 0 Å². The van der Waals surface area contributed by atoms with E-state index in [2.05, 4.69) is 20.5 Å². The van der Waals surface area contributed by atoms with Gasteiger partial charge < -0.3 is 19.4 Å². The average molecular weight is 351 g/mol. The summed E-state index contributed by atoms with van der Waals surface area (Å²) in [6, 6.07) is -0.0376. The summed E-state index contributed by atoms with van der Waals surface area (Å²) >= 11 is 1.54. The van der Waals surface area contributed by atoms with Gasteiger partial charge in [-0.05, 0) is 6.42 Å². The molecule has 3 rings (SSSR count).